The normalized spacial score (nSPS) is 12.3. The molecule has 7 heteroatoms. The molecule has 0 saturated heterocycles. The number of benzene rings is 3. The molecule has 4 rings (SSSR count). The Morgan fingerprint density at radius 3 is 1.90 bits per heavy atom. The molecule has 1 aliphatic rings. The van der Waals surface area contributed by atoms with E-state index in [2.05, 4.69) is 5.32 Å². The highest BCUT2D eigenvalue weighted by atomic mass is 16.6. The van der Waals surface area contributed by atoms with Crippen molar-refractivity contribution in [1.29, 1.82) is 0 Å². The fraction of sp³-hybridized carbons (Fsp3) is 0.0909. The van der Waals surface area contributed by atoms with Crippen molar-refractivity contribution in [2.75, 3.05) is 7.05 Å². The van der Waals surface area contributed by atoms with E-state index in [0.29, 0.717) is 28.2 Å². The smallest absolute Gasteiger partial charge is 0.339 e. The summed E-state index contributed by atoms with van der Waals surface area (Å²) in [6, 6.07) is 15.1. The largest absolute Gasteiger partial charge is 0.508 e. The number of aromatic hydroxyl groups is 2. The van der Waals surface area contributed by atoms with Gasteiger partial charge in [-0.2, -0.15) is 0 Å². The fourth-order valence-corrected chi connectivity index (χ4v) is 3.15. The lowest BCUT2D eigenvalue weighted by atomic mass is 9.96. The standard InChI is InChI=1S/C22H17NO6/c1-23-21(26)12-2-4-13(5-3-12)22(27)29-20-16-8-6-14(24)10-18(16)28-19-11-15(25)7-9-17(19)20/h2-11,20,24-25H,1H3,(H,23,26). The van der Waals surface area contributed by atoms with Gasteiger partial charge >= 0.3 is 5.97 Å². The van der Waals surface area contributed by atoms with Crippen molar-refractivity contribution in [3.63, 3.8) is 0 Å². The number of amides is 1. The molecule has 1 heterocycles. The quantitative estimate of drug-likeness (QED) is 0.590. The molecule has 3 aromatic carbocycles. The van der Waals surface area contributed by atoms with Crippen LogP contribution in [0, 0.1) is 0 Å². The van der Waals surface area contributed by atoms with Gasteiger partial charge in [0.05, 0.1) is 5.56 Å². The third kappa shape index (κ3) is 3.45. The van der Waals surface area contributed by atoms with Gasteiger partial charge in [0.25, 0.3) is 5.91 Å². The van der Waals surface area contributed by atoms with Crippen LogP contribution in [0.25, 0.3) is 0 Å². The monoisotopic (exact) mass is 391 g/mol. The lowest BCUT2D eigenvalue weighted by molar-refractivity contribution is 0.0361. The highest BCUT2D eigenvalue weighted by Crippen LogP contribution is 2.47. The van der Waals surface area contributed by atoms with Crippen molar-refractivity contribution < 1.29 is 29.3 Å². The van der Waals surface area contributed by atoms with Gasteiger partial charge in [0.1, 0.15) is 23.0 Å². The van der Waals surface area contributed by atoms with Gasteiger partial charge in [-0.25, -0.2) is 4.79 Å². The first-order chi connectivity index (χ1) is 14.0. The van der Waals surface area contributed by atoms with Crippen LogP contribution in [-0.2, 0) is 4.74 Å². The molecule has 0 saturated carbocycles. The fourth-order valence-electron chi connectivity index (χ4n) is 3.15. The van der Waals surface area contributed by atoms with Gasteiger partial charge in [-0.1, -0.05) is 0 Å². The molecule has 3 aromatic rings. The molecular weight excluding hydrogens is 374 g/mol. The third-order valence-electron chi connectivity index (χ3n) is 4.61. The molecule has 0 spiro atoms. The number of rotatable bonds is 3. The van der Waals surface area contributed by atoms with Gasteiger partial charge in [-0.05, 0) is 48.5 Å². The average Bonchev–Trinajstić information content (AvgIpc) is 2.72. The van der Waals surface area contributed by atoms with Crippen LogP contribution in [-0.4, -0.2) is 29.1 Å². The number of hydrogen-bond acceptors (Lipinski definition) is 6. The Bertz CT molecular complexity index is 1060. The molecule has 0 unspecified atom stereocenters. The van der Waals surface area contributed by atoms with Crippen molar-refractivity contribution in [2.24, 2.45) is 0 Å². The first-order valence-electron chi connectivity index (χ1n) is 8.83. The maximum atomic E-state index is 12.8. The molecule has 0 aromatic heterocycles. The van der Waals surface area contributed by atoms with E-state index in [0.717, 1.165) is 0 Å². The topological polar surface area (TPSA) is 105 Å². The molecule has 1 aliphatic heterocycles. The van der Waals surface area contributed by atoms with Crippen LogP contribution in [0.5, 0.6) is 23.0 Å². The Morgan fingerprint density at radius 1 is 0.862 bits per heavy atom. The molecule has 7 nitrogen and oxygen atoms in total. The molecule has 146 valence electrons. The maximum Gasteiger partial charge on any atom is 0.339 e. The van der Waals surface area contributed by atoms with E-state index in [1.165, 1.54) is 55.6 Å². The number of ether oxygens (including phenoxy) is 2. The zero-order valence-electron chi connectivity index (χ0n) is 15.4. The van der Waals surface area contributed by atoms with Crippen LogP contribution in [0.15, 0.2) is 60.7 Å². The minimum atomic E-state index is -0.791. The maximum absolute atomic E-state index is 12.8. The Labute approximate surface area is 166 Å². The minimum Gasteiger partial charge on any atom is -0.508 e. The predicted molar refractivity (Wildman–Crippen MR) is 103 cm³/mol. The number of phenolic OH excluding ortho intramolecular Hbond substituents is 2. The summed E-state index contributed by atoms with van der Waals surface area (Å²) in [5, 5.41) is 22.0. The number of carbonyl (C=O) groups excluding carboxylic acids is 2. The van der Waals surface area contributed by atoms with Crippen molar-refractivity contribution in [3.05, 3.63) is 82.9 Å². The molecule has 0 radical (unpaired) electrons. The average molecular weight is 391 g/mol. The Balaban J connectivity index is 1.68. The van der Waals surface area contributed by atoms with Crippen molar-refractivity contribution in [1.82, 2.24) is 5.32 Å². The Hall–Kier alpha value is -4.00. The van der Waals surface area contributed by atoms with Crippen molar-refractivity contribution >= 4 is 11.9 Å². The third-order valence-corrected chi connectivity index (χ3v) is 4.61. The summed E-state index contributed by atoms with van der Waals surface area (Å²) in [6.45, 7) is 0. The number of nitrogens with one attached hydrogen (secondary N) is 1. The minimum absolute atomic E-state index is 0.00205. The lowest BCUT2D eigenvalue weighted by Gasteiger charge is -2.28. The Kier molecular flexibility index (Phi) is 4.56. The van der Waals surface area contributed by atoms with E-state index >= 15 is 0 Å². The zero-order valence-corrected chi connectivity index (χ0v) is 15.4. The number of esters is 1. The summed E-state index contributed by atoms with van der Waals surface area (Å²) in [7, 11) is 1.53. The van der Waals surface area contributed by atoms with E-state index in [-0.39, 0.29) is 23.0 Å². The molecule has 29 heavy (non-hydrogen) atoms. The zero-order chi connectivity index (χ0) is 20.5. The first kappa shape index (κ1) is 18.4. The highest BCUT2D eigenvalue weighted by molar-refractivity contribution is 5.96. The van der Waals surface area contributed by atoms with E-state index in [1.54, 1.807) is 12.1 Å². The first-order valence-corrected chi connectivity index (χ1v) is 8.83. The molecule has 1 amide bonds. The van der Waals surface area contributed by atoms with Gasteiger partial charge < -0.3 is 25.0 Å². The van der Waals surface area contributed by atoms with E-state index in [1.807, 2.05) is 0 Å². The molecular formula is C22H17NO6. The second-order valence-electron chi connectivity index (χ2n) is 6.49. The summed E-state index contributed by atoms with van der Waals surface area (Å²) < 4.78 is 11.5. The summed E-state index contributed by atoms with van der Waals surface area (Å²) in [6.07, 6.45) is -0.791. The molecule has 0 bridgehead atoms. The molecule has 0 aliphatic carbocycles. The van der Waals surface area contributed by atoms with Gasteiger partial charge in [0, 0.05) is 35.9 Å². The molecule has 0 fully saturated rings. The molecule has 0 atom stereocenters. The number of fused-ring (bicyclic) bond motifs is 2. The van der Waals surface area contributed by atoms with Crippen LogP contribution in [0.4, 0.5) is 0 Å². The van der Waals surface area contributed by atoms with Crippen molar-refractivity contribution in [3.8, 4) is 23.0 Å². The van der Waals surface area contributed by atoms with Gasteiger partial charge in [0.15, 0.2) is 6.10 Å². The van der Waals surface area contributed by atoms with E-state index in [9.17, 15) is 19.8 Å². The van der Waals surface area contributed by atoms with Gasteiger partial charge in [-0.15, -0.1) is 0 Å². The number of hydrogen-bond donors (Lipinski definition) is 3. The second-order valence-corrected chi connectivity index (χ2v) is 6.49. The van der Waals surface area contributed by atoms with Crippen LogP contribution >= 0.6 is 0 Å². The summed E-state index contributed by atoms with van der Waals surface area (Å²) >= 11 is 0. The van der Waals surface area contributed by atoms with E-state index in [4.69, 9.17) is 9.47 Å². The van der Waals surface area contributed by atoms with Crippen LogP contribution in [0.3, 0.4) is 0 Å². The highest BCUT2D eigenvalue weighted by Gasteiger charge is 2.31. The van der Waals surface area contributed by atoms with Crippen LogP contribution < -0.4 is 10.1 Å². The number of phenols is 2. The Morgan fingerprint density at radius 2 is 1.38 bits per heavy atom. The SMILES string of the molecule is CNC(=O)c1ccc(C(=O)OC2c3ccc(O)cc3Oc3cc(O)ccc32)cc1. The van der Waals surface area contributed by atoms with Crippen molar-refractivity contribution in [2.45, 2.75) is 6.10 Å². The summed E-state index contributed by atoms with van der Waals surface area (Å²) in [5.74, 6) is -0.175. The van der Waals surface area contributed by atoms with Gasteiger partial charge in [0.2, 0.25) is 0 Å². The molecule has 3 N–H and O–H groups in total. The van der Waals surface area contributed by atoms with Gasteiger partial charge in [-0.3, -0.25) is 4.79 Å². The summed E-state index contributed by atoms with van der Waals surface area (Å²) in [5.41, 5.74) is 1.84. The summed E-state index contributed by atoms with van der Waals surface area (Å²) in [4.78, 5) is 24.4. The number of carbonyl (C=O) groups is 2. The predicted octanol–water partition coefficient (Wildman–Crippen LogP) is 3.51. The van der Waals surface area contributed by atoms with Crippen LogP contribution in [0.1, 0.15) is 37.9 Å². The van der Waals surface area contributed by atoms with Crippen LogP contribution in [0.2, 0.25) is 0 Å². The lowest BCUT2D eigenvalue weighted by Crippen LogP contribution is -2.19. The second kappa shape index (κ2) is 7.20. The van der Waals surface area contributed by atoms with E-state index < -0.39 is 12.1 Å².